The van der Waals surface area contributed by atoms with Gasteiger partial charge in [-0.3, -0.25) is 14.6 Å². The molecular formula is C20H19N3O5S. The second-order valence-corrected chi connectivity index (χ2v) is 8.52. The fourth-order valence-corrected chi connectivity index (χ4v) is 4.42. The highest BCUT2D eigenvalue weighted by Gasteiger charge is 2.31. The number of ketones is 2. The monoisotopic (exact) mass is 413 g/mol. The van der Waals surface area contributed by atoms with Crippen LogP contribution in [0.4, 0.5) is 5.69 Å². The molecule has 4 rings (SSSR count). The van der Waals surface area contributed by atoms with Crippen LogP contribution in [0.25, 0.3) is 0 Å². The maximum absolute atomic E-state index is 12.9. The van der Waals surface area contributed by atoms with Gasteiger partial charge in [0.2, 0.25) is 15.8 Å². The Morgan fingerprint density at radius 2 is 1.90 bits per heavy atom. The van der Waals surface area contributed by atoms with Gasteiger partial charge in [-0.05, 0) is 36.5 Å². The number of benzene rings is 1. The van der Waals surface area contributed by atoms with E-state index < -0.39 is 21.6 Å². The van der Waals surface area contributed by atoms with Crippen molar-refractivity contribution in [1.82, 2.24) is 4.98 Å². The van der Waals surface area contributed by atoms with E-state index in [0.29, 0.717) is 24.8 Å². The number of Topliss-reactive ketones (excluding diaryl/α,β-unsaturated/α-hetero) is 1. The fourth-order valence-electron chi connectivity index (χ4n) is 3.65. The standard InChI is InChI=1S/C20H19N3O5S/c21-29(26,27)18-3-1-2-15-19(18)17(24)9-16(20(15)25)23-14-8-13(10-22-11-14)12-4-6-28-7-5-12/h1-3,8-12,23H,4-7H2,(H2,21,26,27). The molecule has 0 unspecified atom stereocenters. The molecule has 8 nitrogen and oxygen atoms in total. The van der Waals surface area contributed by atoms with E-state index in [1.807, 2.05) is 6.07 Å². The van der Waals surface area contributed by atoms with Crippen LogP contribution in [-0.4, -0.2) is 38.2 Å². The van der Waals surface area contributed by atoms with E-state index in [-0.39, 0.29) is 21.7 Å². The molecule has 1 fully saturated rings. The molecule has 2 heterocycles. The van der Waals surface area contributed by atoms with Gasteiger partial charge >= 0.3 is 0 Å². The minimum atomic E-state index is -4.14. The third kappa shape index (κ3) is 3.84. The molecule has 29 heavy (non-hydrogen) atoms. The molecule has 0 amide bonds. The average molecular weight is 413 g/mol. The van der Waals surface area contributed by atoms with Crippen molar-refractivity contribution in [3.8, 4) is 0 Å². The lowest BCUT2D eigenvalue weighted by molar-refractivity contribution is 0.0853. The van der Waals surface area contributed by atoms with Gasteiger partial charge in [0, 0.05) is 31.1 Å². The molecule has 0 radical (unpaired) electrons. The normalized spacial score (nSPS) is 17.6. The first-order chi connectivity index (χ1) is 13.8. The third-order valence-corrected chi connectivity index (χ3v) is 6.03. The average Bonchev–Trinajstić information content (AvgIpc) is 2.71. The largest absolute Gasteiger partial charge is 0.381 e. The number of primary sulfonamides is 1. The summed E-state index contributed by atoms with van der Waals surface area (Å²) in [6.45, 7) is 1.40. The lowest BCUT2D eigenvalue weighted by Crippen LogP contribution is -2.25. The number of aromatic nitrogens is 1. The van der Waals surface area contributed by atoms with Gasteiger partial charge in [0.05, 0.1) is 28.0 Å². The van der Waals surface area contributed by atoms with Crippen LogP contribution in [0.5, 0.6) is 0 Å². The number of rotatable bonds is 4. The highest BCUT2D eigenvalue weighted by atomic mass is 32.2. The second kappa shape index (κ2) is 7.51. The number of nitrogens with two attached hydrogens (primary N) is 1. The highest BCUT2D eigenvalue weighted by molar-refractivity contribution is 7.89. The number of hydrogen-bond acceptors (Lipinski definition) is 7. The van der Waals surface area contributed by atoms with Crippen LogP contribution in [0.3, 0.4) is 0 Å². The molecule has 150 valence electrons. The Morgan fingerprint density at radius 3 is 2.62 bits per heavy atom. The summed E-state index contributed by atoms with van der Waals surface area (Å²) in [6, 6.07) is 5.92. The van der Waals surface area contributed by atoms with Crippen molar-refractivity contribution in [1.29, 1.82) is 0 Å². The summed E-state index contributed by atoms with van der Waals surface area (Å²) in [7, 11) is -4.14. The van der Waals surface area contributed by atoms with Crippen LogP contribution < -0.4 is 10.5 Å². The van der Waals surface area contributed by atoms with Crippen LogP contribution in [-0.2, 0) is 14.8 Å². The van der Waals surface area contributed by atoms with E-state index in [9.17, 15) is 18.0 Å². The minimum absolute atomic E-state index is 0.0000630. The lowest BCUT2D eigenvalue weighted by atomic mass is 9.91. The number of anilines is 1. The number of allylic oxidation sites excluding steroid dienone is 2. The van der Waals surface area contributed by atoms with E-state index in [2.05, 4.69) is 10.3 Å². The SMILES string of the molecule is NS(=O)(=O)c1cccc2c1C(=O)C=C(Nc1cncc(C3CCOCC3)c1)C2=O. The van der Waals surface area contributed by atoms with Crippen molar-refractivity contribution in [2.45, 2.75) is 23.7 Å². The summed E-state index contributed by atoms with van der Waals surface area (Å²) in [6.07, 6.45) is 6.25. The Kier molecular flexibility index (Phi) is 5.03. The lowest BCUT2D eigenvalue weighted by Gasteiger charge is -2.23. The van der Waals surface area contributed by atoms with Gasteiger partial charge in [-0.15, -0.1) is 0 Å². The van der Waals surface area contributed by atoms with Crippen LogP contribution in [0.1, 0.15) is 45.0 Å². The zero-order valence-corrected chi connectivity index (χ0v) is 16.2. The predicted molar refractivity (Wildman–Crippen MR) is 105 cm³/mol. The molecule has 0 bridgehead atoms. The molecule has 2 aromatic rings. The molecule has 0 atom stereocenters. The smallest absolute Gasteiger partial charge is 0.238 e. The first-order valence-electron chi connectivity index (χ1n) is 9.11. The van der Waals surface area contributed by atoms with Gasteiger partial charge in [0.25, 0.3) is 0 Å². The van der Waals surface area contributed by atoms with Gasteiger partial charge in [-0.1, -0.05) is 12.1 Å². The van der Waals surface area contributed by atoms with Crippen molar-refractivity contribution in [3.05, 3.63) is 65.1 Å². The van der Waals surface area contributed by atoms with Gasteiger partial charge < -0.3 is 10.1 Å². The van der Waals surface area contributed by atoms with E-state index in [1.54, 1.807) is 12.4 Å². The van der Waals surface area contributed by atoms with E-state index >= 15 is 0 Å². The molecule has 3 N–H and O–H groups in total. The first-order valence-corrected chi connectivity index (χ1v) is 10.7. The Balaban J connectivity index is 1.64. The highest BCUT2D eigenvalue weighted by Crippen LogP contribution is 2.30. The summed E-state index contributed by atoms with van der Waals surface area (Å²) >= 11 is 0. The number of carbonyl (C=O) groups is 2. The van der Waals surface area contributed by atoms with Crippen molar-refractivity contribution in [2.24, 2.45) is 5.14 Å². The molecule has 2 aliphatic rings. The van der Waals surface area contributed by atoms with Crippen molar-refractivity contribution in [3.63, 3.8) is 0 Å². The molecule has 1 saturated heterocycles. The van der Waals surface area contributed by atoms with Gasteiger partial charge in [-0.2, -0.15) is 0 Å². The number of nitrogens with zero attached hydrogens (tertiary/aromatic N) is 1. The number of sulfonamides is 1. The quantitative estimate of drug-likeness (QED) is 0.784. The Labute approximate surface area is 167 Å². The predicted octanol–water partition coefficient (Wildman–Crippen LogP) is 2.00. The van der Waals surface area contributed by atoms with E-state index in [1.165, 1.54) is 18.2 Å². The number of ether oxygens (including phenoxy) is 1. The Morgan fingerprint density at radius 1 is 1.14 bits per heavy atom. The molecule has 1 aromatic carbocycles. The minimum Gasteiger partial charge on any atom is -0.381 e. The maximum Gasteiger partial charge on any atom is 0.238 e. The summed E-state index contributed by atoms with van der Waals surface area (Å²) in [5, 5.41) is 8.15. The zero-order valence-electron chi connectivity index (χ0n) is 15.4. The number of hydrogen-bond donors (Lipinski definition) is 2. The van der Waals surface area contributed by atoms with E-state index in [0.717, 1.165) is 24.5 Å². The fraction of sp³-hybridized carbons (Fsp3) is 0.250. The second-order valence-electron chi connectivity index (χ2n) is 6.99. The van der Waals surface area contributed by atoms with Gasteiger partial charge in [0.1, 0.15) is 0 Å². The van der Waals surface area contributed by atoms with Crippen LogP contribution in [0.15, 0.2) is 53.3 Å². The van der Waals surface area contributed by atoms with Crippen LogP contribution in [0, 0.1) is 0 Å². The number of nitrogens with one attached hydrogen (secondary N) is 1. The van der Waals surface area contributed by atoms with E-state index in [4.69, 9.17) is 9.88 Å². The molecule has 1 aromatic heterocycles. The third-order valence-electron chi connectivity index (χ3n) is 5.07. The first kappa shape index (κ1) is 19.4. The summed E-state index contributed by atoms with van der Waals surface area (Å²) in [5.74, 6) is -0.754. The van der Waals surface area contributed by atoms with Gasteiger partial charge in [-0.25, -0.2) is 13.6 Å². The maximum atomic E-state index is 12.9. The zero-order chi connectivity index (χ0) is 20.6. The van der Waals surface area contributed by atoms with Crippen molar-refractivity contribution < 1.29 is 22.7 Å². The molecule has 1 aliphatic carbocycles. The topological polar surface area (TPSA) is 128 Å². The molecule has 1 aliphatic heterocycles. The van der Waals surface area contributed by atoms with Crippen LogP contribution in [0.2, 0.25) is 0 Å². The van der Waals surface area contributed by atoms with Gasteiger partial charge in [0.15, 0.2) is 5.78 Å². The summed E-state index contributed by atoms with van der Waals surface area (Å²) < 4.78 is 28.9. The molecule has 9 heteroatoms. The Hall–Kier alpha value is -2.88. The number of fused-ring (bicyclic) bond motifs is 1. The number of carbonyl (C=O) groups excluding carboxylic acids is 2. The number of pyridine rings is 1. The summed E-state index contributed by atoms with van der Waals surface area (Å²) in [4.78, 5) is 29.4. The van der Waals surface area contributed by atoms with Crippen molar-refractivity contribution >= 4 is 27.3 Å². The molecule has 0 saturated carbocycles. The van der Waals surface area contributed by atoms with Crippen molar-refractivity contribution in [2.75, 3.05) is 18.5 Å². The Bertz CT molecular complexity index is 1130. The van der Waals surface area contributed by atoms with Crippen LogP contribution >= 0.6 is 0 Å². The molecule has 0 spiro atoms. The molecular weight excluding hydrogens is 394 g/mol. The summed E-state index contributed by atoms with van der Waals surface area (Å²) in [5.41, 5.74) is 1.47.